The molecule has 1 aromatic carbocycles. The maximum Gasteiger partial charge on any atom is 0.306 e. The SMILES string of the molecule is O=C(CCC(=O)OCCc1ccccc1)NNC(=O)C1CCCCC1. The molecule has 1 saturated carbocycles. The first kappa shape index (κ1) is 19.0. The maximum atomic E-state index is 11.9. The van der Waals surface area contributed by atoms with Gasteiger partial charge in [0.05, 0.1) is 13.0 Å². The topological polar surface area (TPSA) is 84.5 Å². The van der Waals surface area contributed by atoms with Crippen molar-refractivity contribution in [3.05, 3.63) is 35.9 Å². The van der Waals surface area contributed by atoms with E-state index in [1.165, 1.54) is 6.42 Å². The minimum atomic E-state index is -0.412. The highest BCUT2D eigenvalue weighted by Gasteiger charge is 2.21. The molecule has 0 bridgehead atoms. The molecule has 136 valence electrons. The molecular formula is C19H26N2O4. The normalized spacial score (nSPS) is 14.6. The Hall–Kier alpha value is -2.37. The third-order valence-corrected chi connectivity index (χ3v) is 4.35. The highest BCUT2D eigenvalue weighted by molar-refractivity contribution is 5.85. The second-order valence-corrected chi connectivity index (χ2v) is 6.33. The number of ether oxygens (including phenoxy) is 1. The second kappa shape index (κ2) is 10.5. The van der Waals surface area contributed by atoms with Crippen molar-refractivity contribution in [3.8, 4) is 0 Å². The maximum absolute atomic E-state index is 11.9. The first-order valence-electron chi connectivity index (χ1n) is 8.93. The zero-order chi connectivity index (χ0) is 17.9. The van der Waals surface area contributed by atoms with Gasteiger partial charge in [-0.2, -0.15) is 0 Å². The van der Waals surface area contributed by atoms with Gasteiger partial charge in [0.1, 0.15) is 0 Å². The lowest BCUT2D eigenvalue weighted by atomic mass is 9.89. The summed E-state index contributed by atoms with van der Waals surface area (Å²) in [4.78, 5) is 35.2. The number of amides is 2. The van der Waals surface area contributed by atoms with E-state index < -0.39 is 5.97 Å². The number of carbonyl (C=O) groups excluding carboxylic acids is 3. The van der Waals surface area contributed by atoms with Gasteiger partial charge in [0, 0.05) is 18.8 Å². The Morgan fingerprint density at radius 3 is 2.40 bits per heavy atom. The summed E-state index contributed by atoms with van der Waals surface area (Å²) in [5.41, 5.74) is 5.92. The van der Waals surface area contributed by atoms with Gasteiger partial charge in [0.15, 0.2) is 0 Å². The Kier molecular flexibility index (Phi) is 7.95. The Morgan fingerprint density at radius 1 is 0.960 bits per heavy atom. The van der Waals surface area contributed by atoms with E-state index >= 15 is 0 Å². The summed E-state index contributed by atoms with van der Waals surface area (Å²) in [7, 11) is 0. The number of hydrogen-bond donors (Lipinski definition) is 2. The van der Waals surface area contributed by atoms with Gasteiger partial charge < -0.3 is 4.74 Å². The smallest absolute Gasteiger partial charge is 0.306 e. The van der Waals surface area contributed by atoms with Gasteiger partial charge in [-0.25, -0.2) is 0 Å². The van der Waals surface area contributed by atoms with Gasteiger partial charge in [-0.05, 0) is 18.4 Å². The molecule has 6 nitrogen and oxygen atoms in total. The lowest BCUT2D eigenvalue weighted by molar-refractivity contribution is -0.145. The number of hydrazine groups is 1. The summed E-state index contributed by atoms with van der Waals surface area (Å²) in [5, 5.41) is 0. The zero-order valence-corrected chi connectivity index (χ0v) is 14.5. The number of carbonyl (C=O) groups is 3. The van der Waals surface area contributed by atoms with Crippen molar-refractivity contribution in [1.82, 2.24) is 10.9 Å². The Morgan fingerprint density at radius 2 is 1.68 bits per heavy atom. The molecule has 1 aliphatic rings. The Bertz CT molecular complexity index is 568. The predicted octanol–water partition coefficient (Wildman–Crippen LogP) is 2.28. The fourth-order valence-electron chi connectivity index (χ4n) is 2.88. The average Bonchev–Trinajstić information content (AvgIpc) is 2.66. The molecule has 0 saturated heterocycles. The molecule has 0 spiro atoms. The number of nitrogens with one attached hydrogen (secondary N) is 2. The van der Waals surface area contributed by atoms with Crippen LogP contribution in [0.5, 0.6) is 0 Å². The van der Waals surface area contributed by atoms with Gasteiger partial charge in [-0.1, -0.05) is 49.6 Å². The van der Waals surface area contributed by atoms with E-state index in [0.717, 1.165) is 31.2 Å². The molecule has 0 unspecified atom stereocenters. The average molecular weight is 346 g/mol. The first-order valence-corrected chi connectivity index (χ1v) is 8.93. The van der Waals surface area contributed by atoms with Crippen LogP contribution in [0, 0.1) is 5.92 Å². The van der Waals surface area contributed by atoms with Crippen LogP contribution in [0.4, 0.5) is 0 Å². The van der Waals surface area contributed by atoms with Crippen molar-refractivity contribution in [3.63, 3.8) is 0 Å². The molecule has 25 heavy (non-hydrogen) atoms. The molecule has 0 aliphatic heterocycles. The molecule has 2 N–H and O–H groups in total. The van der Waals surface area contributed by atoms with Crippen molar-refractivity contribution in [2.24, 2.45) is 5.92 Å². The van der Waals surface area contributed by atoms with Crippen molar-refractivity contribution >= 4 is 17.8 Å². The predicted molar refractivity (Wildman–Crippen MR) is 93.2 cm³/mol. The molecule has 1 aromatic rings. The molecule has 1 fully saturated rings. The zero-order valence-electron chi connectivity index (χ0n) is 14.5. The van der Waals surface area contributed by atoms with E-state index in [-0.39, 0.29) is 30.6 Å². The number of esters is 1. The van der Waals surface area contributed by atoms with Crippen LogP contribution in [0.2, 0.25) is 0 Å². The van der Waals surface area contributed by atoms with Crippen molar-refractivity contribution in [1.29, 1.82) is 0 Å². The molecule has 2 rings (SSSR count). The lowest BCUT2D eigenvalue weighted by Gasteiger charge is -2.20. The van der Waals surface area contributed by atoms with Gasteiger partial charge in [-0.3, -0.25) is 25.2 Å². The van der Waals surface area contributed by atoms with Crippen molar-refractivity contribution < 1.29 is 19.1 Å². The van der Waals surface area contributed by atoms with Crippen LogP contribution >= 0.6 is 0 Å². The van der Waals surface area contributed by atoms with E-state index in [1.54, 1.807) is 0 Å². The minimum absolute atomic E-state index is 0.0000773. The largest absolute Gasteiger partial charge is 0.465 e. The summed E-state index contributed by atoms with van der Waals surface area (Å²) in [6, 6.07) is 9.74. The van der Waals surface area contributed by atoms with Crippen LogP contribution in [0.3, 0.4) is 0 Å². The lowest BCUT2D eigenvalue weighted by Crippen LogP contribution is -2.45. The Labute approximate surface area is 148 Å². The van der Waals surface area contributed by atoms with Crippen LogP contribution in [0.15, 0.2) is 30.3 Å². The highest BCUT2D eigenvalue weighted by Crippen LogP contribution is 2.23. The molecule has 1 aliphatic carbocycles. The van der Waals surface area contributed by atoms with Gasteiger partial charge in [-0.15, -0.1) is 0 Å². The minimum Gasteiger partial charge on any atom is -0.465 e. The van der Waals surface area contributed by atoms with E-state index in [0.29, 0.717) is 13.0 Å². The molecule has 6 heteroatoms. The molecule has 0 atom stereocenters. The van der Waals surface area contributed by atoms with Crippen LogP contribution in [0.1, 0.15) is 50.5 Å². The summed E-state index contributed by atoms with van der Waals surface area (Å²) >= 11 is 0. The molecular weight excluding hydrogens is 320 g/mol. The van der Waals surface area contributed by atoms with Crippen molar-refractivity contribution in [2.75, 3.05) is 6.61 Å². The highest BCUT2D eigenvalue weighted by atomic mass is 16.5. The molecule has 2 amide bonds. The van der Waals surface area contributed by atoms with Crippen LogP contribution in [-0.2, 0) is 25.5 Å². The van der Waals surface area contributed by atoms with Gasteiger partial charge in [0.25, 0.3) is 0 Å². The number of rotatable bonds is 7. The van der Waals surface area contributed by atoms with E-state index in [9.17, 15) is 14.4 Å². The molecule has 0 radical (unpaired) electrons. The van der Waals surface area contributed by atoms with Gasteiger partial charge in [0.2, 0.25) is 11.8 Å². The van der Waals surface area contributed by atoms with Crippen LogP contribution < -0.4 is 10.9 Å². The third-order valence-electron chi connectivity index (χ3n) is 4.35. The van der Waals surface area contributed by atoms with Crippen LogP contribution in [-0.4, -0.2) is 24.4 Å². The summed E-state index contributed by atoms with van der Waals surface area (Å²) < 4.78 is 5.11. The number of hydrogen-bond acceptors (Lipinski definition) is 4. The summed E-state index contributed by atoms with van der Waals surface area (Å²) in [6.07, 6.45) is 5.67. The van der Waals surface area contributed by atoms with E-state index in [2.05, 4.69) is 10.9 Å². The monoisotopic (exact) mass is 346 g/mol. The standard InChI is InChI=1S/C19H26N2O4/c22-17(20-21-19(24)16-9-5-2-6-10-16)11-12-18(23)25-14-13-15-7-3-1-4-8-15/h1,3-4,7-8,16H,2,5-6,9-14H2,(H,20,22)(H,21,24). The molecule has 0 aromatic heterocycles. The Balaban J connectivity index is 1.54. The van der Waals surface area contributed by atoms with E-state index in [4.69, 9.17) is 4.74 Å². The van der Waals surface area contributed by atoms with Crippen LogP contribution in [0.25, 0.3) is 0 Å². The fourth-order valence-corrected chi connectivity index (χ4v) is 2.88. The quantitative estimate of drug-likeness (QED) is 0.586. The summed E-state index contributed by atoms with van der Waals surface area (Å²) in [5.74, 6) is -0.954. The van der Waals surface area contributed by atoms with E-state index in [1.807, 2.05) is 30.3 Å². The summed E-state index contributed by atoms with van der Waals surface area (Å²) in [6.45, 7) is 0.295. The fraction of sp³-hybridized carbons (Fsp3) is 0.526. The third kappa shape index (κ3) is 7.37. The van der Waals surface area contributed by atoms with Crippen molar-refractivity contribution in [2.45, 2.75) is 51.4 Å². The first-order chi connectivity index (χ1) is 12.1. The second-order valence-electron chi connectivity index (χ2n) is 6.33. The number of benzene rings is 1. The molecule has 0 heterocycles. The van der Waals surface area contributed by atoms with Gasteiger partial charge >= 0.3 is 5.97 Å².